The van der Waals surface area contributed by atoms with Crippen LogP contribution in [0.3, 0.4) is 0 Å². The van der Waals surface area contributed by atoms with Crippen molar-refractivity contribution in [2.45, 2.75) is 0 Å². The summed E-state index contributed by atoms with van der Waals surface area (Å²) in [5.41, 5.74) is 1.87. The van der Waals surface area contributed by atoms with Crippen LogP contribution in [0.2, 0.25) is 0 Å². The van der Waals surface area contributed by atoms with E-state index in [1.54, 1.807) is 54.2 Å². The minimum absolute atomic E-state index is 0.126. The number of carboxylic acids is 1. The summed E-state index contributed by atoms with van der Waals surface area (Å²) in [6.45, 7) is 0. The molecule has 0 fully saturated rings. The van der Waals surface area contributed by atoms with Crippen LogP contribution < -0.4 is 4.90 Å². The number of carboxylic acid groups (broad SMARTS) is 1. The molecule has 0 saturated heterocycles. The van der Waals surface area contributed by atoms with Gasteiger partial charge in [0.25, 0.3) is 5.91 Å². The van der Waals surface area contributed by atoms with Crippen molar-refractivity contribution in [1.82, 2.24) is 14.4 Å². The van der Waals surface area contributed by atoms with Crippen molar-refractivity contribution < 1.29 is 19.1 Å². The maximum absolute atomic E-state index is 13.4. The second-order valence-corrected chi connectivity index (χ2v) is 6.32. The minimum Gasteiger partial charge on any atom is -0.478 e. The average Bonchev–Trinajstić information content (AvgIpc) is 3.12. The fraction of sp³-hybridized carbons (Fsp3) is 0.0476. The van der Waals surface area contributed by atoms with Crippen LogP contribution in [-0.2, 0) is 0 Å². The lowest BCUT2D eigenvalue weighted by Crippen LogP contribution is -2.28. The van der Waals surface area contributed by atoms with Crippen LogP contribution in [0.4, 0.5) is 10.1 Å². The molecule has 7 nitrogen and oxygen atoms in total. The molecule has 29 heavy (non-hydrogen) atoms. The highest BCUT2D eigenvalue weighted by Crippen LogP contribution is 2.27. The van der Waals surface area contributed by atoms with Crippen molar-refractivity contribution in [1.29, 1.82) is 0 Å². The normalized spacial score (nSPS) is 10.8. The second kappa shape index (κ2) is 7.16. The first-order valence-corrected chi connectivity index (χ1v) is 8.66. The molecular weight excluding hydrogens is 375 g/mol. The van der Waals surface area contributed by atoms with Crippen LogP contribution in [0.15, 0.2) is 67.0 Å². The fourth-order valence-electron chi connectivity index (χ4n) is 3.00. The van der Waals surface area contributed by atoms with Crippen molar-refractivity contribution in [3.05, 3.63) is 84.1 Å². The molecule has 0 radical (unpaired) electrons. The topological polar surface area (TPSA) is 87.8 Å². The number of nitrogens with zero attached hydrogens (tertiary/aromatic N) is 4. The van der Waals surface area contributed by atoms with Crippen LogP contribution in [0.25, 0.3) is 17.0 Å². The highest BCUT2D eigenvalue weighted by molar-refractivity contribution is 6.09. The predicted molar refractivity (Wildman–Crippen MR) is 105 cm³/mol. The van der Waals surface area contributed by atoms with Gasteiger partial charge < -0.3 is 10.0 Å². The number of aromatic nitrogens is 3. The van der Waals surface area contributed by atoms with Gasteiger partial charge in [-0.25, -0.2) is 19.2 Å². The van der Waals surface area contributed by atoms with E-state index in [1.165, 1.54) is 29.2 Å². The van der Waals surface area contributed by atoms with E-state index >= 15 is 0 Å². The number of aromatic carboxylic acids is 1. The highest BCUT2D eigenvalue weighted by atomic mass is 19.1. The molecule has 0 aliphatic carbocycles. The van der Waals surface area contributed by atoms with Gasteiger partial charge >= 0.3 is 5.97 Å². The maximum atomic E-state index is 13.4. The average molecular weight is 390 g/mol. The van der Waals surface area contributed by atoms with Gasteiger partial charge in [-0.05, 0) is 54.6 Å². The van der Waals surface area contributed by atoms with E-state index < -0.39 is 5.97 Å². The van der Waals surface area contributed by atoms with Crippen LogP contribution in [0.1, 0.15) is 20.8 Å². The van der Waals surface area contributed by atoms with E-state index in [9.17, 15) is 14.0 Å². The van der Waals surface area contributed by atoms with Crippen molar-refractivity contribution in [2.75, 3.05) is 11.9 Å². The summed E-state index contributed by atoms with van der Waals surface area (Å²) in [5, 5.41) is 9.05. The summed E-state index contributed by atoms with van der Waals surface area (Å²) < 4.78 is 14.9. The molecule has 0 unspecified atom stereocenters. The minimum atomic E-state index is -1.04. The van der Waals surface area contributed by atoms with Crippen LogP contribution >= 0.6 is 0 Å². The molecule has 0 spiro atoms. The van der Waals surface area contributed by atoms with E-state index in [1.807, 2.05) is 0 Å². The Balaban J connectivity index is 1.81. The number of carbonyl (C=O) groups is 2. The van der Waals surface area contributed by atoms with Gasteiger partial charge in [0.1, 0.15) is 17.2 Å². The molecule has 4 aromatic rings. The monoisotopic (exact) mass is 390 g/mol. The SMILES string of the molecule is CN(C(=O)c1c(-c2ccc(F)cc2)nc2ncccn12)c1ccc(C(=O)O)cc1. The zero-order valence-corrected chi connectivity index (χ0v) is 15.3. The number of fused-ring (bicyclic) bond motifs is 1. The largest absolute Gasteiger partial charge is 0.478 e. The number of benzene rings is 2. The standard InChI is InChI=1S/C21H15FN4O3/c1-25(16-9-5-14(6-10-16)20(28)29)19(27)18-17(13-3-7-15(22)8-4-13)24-21-23-11-2-12-26(18)21/h2-12H,1H3,(H,28,29). The van der Waals surface area contributed by atoms with Crippen molar-refractivity contribution in [3.8, 4) is 11.3 Å². The first-order chi connectivity index (χ1) is 14.0. The molecule has 0 aliphatic rings. The third-order valence-corrected chi connectivity index (χ3v) is 4.53. The summed E-state index contributed by atoms with van der Waals surface area (Å²) in [6.07, 6.45) is 3.25. The zero-order valence-electron chi connectivity index (χ0n) is 15.3. The smallest absolute Gasteiger partial charge is 0.335 e. The molecule has 144 valence electrons. The Morgan fingerprint density at radius 3 is 2.41 bits per heavy atom. The van der Waals surface area contributed by atoms with Gasteiger partial charge in [0.15, 0.2) is 0 Å². The van der Waals surface area contributed by atoms with Gasteiger partial charge in [-0.2, -0.15) is 0 Å². The summed E-state index contributed by atoms with van der Waals surface area (Å²) in [5.74, 6) is -1.46. The zero-order chi connectivity index (χ0) is 20.5. The summed E-state index contributed by atoms with van der Waals surface area (Å²) in [4.78, 5) is 34.4. The highest BCUT2D eigenvalue weighted by Gasteiger charge is 2.24. The lowest BCUT2D eigenvalue weighted by atomic mass is 10.1. The van der Waals surface area contributed by atoms with E-state index in [2.05, 4.69) is 9.97 Å². The van der Waals surface area contributed by atoms with Crippen LogP contribution in [-0.4, -0.2) is 38.4 Å². The Bertz CT molecular complexity index is 1220. The summed E-state index contributed by atoms with van der Waals surface area (Å²) in [6, 6.07) is 13.4. The number of anilines is 1. The molecule has 0 atom stereocenters. The molecule has 2 heterocycles. The maximum Gasteiger partial charge on any atom is 0.335 e. The van der Waals surface area contributed by atoms with Gasteiger partial charge in [-0.3, -0.25) is 9.20 Å². The van der Waals surface area contributed by atoms with Crippen molar-refractivity contribution >= 4 is 23.3 Å². The molecule has 2 aromatic carbocycles. The van der Waals surface area contributed by atoms with Gasteiger partial charge in [-0.1, -0.05) is 0 Å². The molecule has 0 aliphatic heterocycles. The molecule has 1 N–H and O–H groups in total. The predicted octanol–water partition coefficient (Wildman–Crippen LogP) is 3.51. The number of halogens is 1. The van der Waals surface area contributed by atoms with E-state index in [-0.39, 0.29) is 23.0 Å². The Hall–Kier alpha value is -4.07. The summed E-state index contributed by atoms with van der Waals surface area (Å²) >= 11 is 0. The molecular formula is C21H15FN4O3. The number of amides is 1. The first-order valence-electron chi connectivity index (χ1n) is 8.66. The lowest BCUT2D eigenvalue weighted by molar-refractivity contribution is 0.0696. The second-order valence-electron chi connectivity index (χ2n) is 6.32. The molecule has 2 aromatic heterocycles. The van der Waals surface area contributed by atoms with Gasteiger partial charge in [-0.15, -0.1) is 0 Å². The molecule has 0 saturated carbocycles. The van der Waals surface area contributed by atoms with Crippen LogP contribution in [0.5, 0.6) is 0 Å². The fourth-order valence-corrected chi connectivity index (χ4v) is 3.00. The van der Waals surface area contributed by atoms with Crippen LogP contribution in [0, 0.1) is 5.82 Å². The first kappa shape index (κ1) is 18.3. The molecule has 8 heteroatoms. The van der Waals surface area contributed by atoms with Gasteiger partial charge in [0.2, 0.25) is 5.78 Å². The number of rotatable bonds is 4. The molecule has 0 bridgehead atoms. The third-order valence-electron chi connectivity index (χ3n) is 4.53. The van der Waals surface area contributed by atoms with Gasteiger partial charge in [0.05, 0.1) is 5.56 Å². The summed E-state index contributed by atoms with van der Waals surface area (Å²) in [7, 11) is 1.59. The number of imidazole rings is 1. The lowest BCUT2D eigenvalue weighted by Gasteiger charge is -2.18. The van der Waals surface area contributed by atoms with E-state index in [4.69, 9.17) is 5.11 Å². The van der Waals surface area contributed by atoms with Crippen molar-refractivity contribution in [2.24, 2.45) is 0 Å². The quantitative estimate of drug-likeness (QED) is 0.576. The Morgan fingerprint density at radius 2 is 1.76 bits per heavy atom. The molecule has 1 amide bonds. The van der Waals surface area contributed by atoms with Gasteiger partial charge in [0, 0.05) is 30.7 Å². The Kier molecular flexibility index (Phi) is 4.52. The molecule has 4 rings (SSSR count). The number of hydrogen-bond acceptors (Lipinski definition) is 4. The number of hydrogen-bond donors (Lipinski definition) is 1. The Labute approximate surface area is 164 Å². The Morgan fingerprint density at radius 1 is 1.07 bits per heavy atom. The number of carbonyl (C=O) groups excluding carboxylic acids is 1. The van der Waals surface area contributed by atoms with E-state index in [0.717, 1.165) is 0 Å². The van der Waals surface area contributed by atoms with E-state index in [0.29, 0.717) is 22.7 Å². The van der Waals surface area contributed by atoms with Crippen molar-refractivity contribution in [3.63, 3.8) is 0 Å². The third kappa shape index (κ3) is 3.31.